The average molecular weight is 795 g/mol. The third-order valence-electron chi connectivity index (χ3n) is 12.3. The van der Waals surface area contributed by atoms with Gasteiger partial charge in [0.1, 0.15) is 22.8 Å². The Morgan fingerprint density at radius 2 is 1.71 bits per heavy atom. The van der Waals surface area contributed by atoms with Gasteiger partial charge in [0.05, 0.1) is 33.7 Å². The van der Waals surface area contributed by atoms with E-state index in [1.54, 1.807) is 26.1 Å². The molecule has 6 unspecified atom stereocenters. The van der Waals surface area contributed by atoms with Crippen LogP contribution in [-0.2, 0) is 26.2 Å². The molecule has 5 aromatic rings. The van der Waals surface area contributed by atoms with Crippen LogP contribution in [0.3, 0.4) is 0 Å². The van der Waals surface area contributed by atoms with Gasteiger partial charge in [-0.3, -0.25) is 23.9 Å². The Hall–Kier alpha value is -5.86. The highest BCUT2D eigenvalue weighted by molar-refractivity contribution is 7.22. The van der Waals surface area contributed by atoms with E-state index in [0.29, 0.717) is 21.9 Å². The predicted octanol–water partition coefficient (Wildman–Crippen LogP) is 6.95. The zero-order valence-electron chi connectivity index (χ0n) is 30.0. The first-order valence-corrected chi connectivity index (χ1v) is 19.0. The van der Waals surface area contributed by atoms with Crippen molar-refractivity contribution in [2.75, 3.05) is 9.80 Å². The number of aromatic hydroxyl groups is 2. The molecule has 2 aliphatic carbocycles. The van der Waals surface area contributed by atoms with Crippen molar-refractivity contribution in [2.45, 2.75) is 32.6 Å². The number of aromatic nitrogens is 2. The van der Waals surface area contributed by atoms with Crippen molar-refractivity contribution >= 4 is 74.1 Å². The summed E-state index contributed by atoms with van der Waals surface area (Å²) in [5.41, 5.74) is 0.533. The molecule has 284 valence electrons. The van der Waals surface area contributed by atoms with Crippen LogP contribution >= 0.6 is 22.9 Å². The molecular formula is C41H32ClFN4O8S. The minimum absolute atomic E-state index is 0.00136. The molecule has 2 saturated heterocycles. The molecule has 6 atom stereocenters. The van der Waals surface area contributed by atoms with Gasteiger partial charge in [-0.1, -0.05) is 29.3 Å². The number of aromatic carboxylic acids is 1. The van der Waals surface area contributed by atoms with Crippen molar-refractivity contribution in [2.24, 2.45) is 36.1 Å². The van der Waals surface area contributed by atoms with Gasteiger partial charge in [0, 0.05) is 34.8 Å². The Balaban J connectivity index is 1.14. The van der Waals surface area contributed by atoms with Crippen molar-refractivity contribution in [1.29, 1.82) is 0 Å². The normalized spacial score (nSPS) is 25.8. The zero-order chi connectivity index (χ0) is 39.7. The molecule has 4 heterocycles. The number of thiophene rings is 1. The van der Waals surface area contributed by atoms with Crippen molar-refractivity contribution in [1.82, 2.24) is 9.78 Å². The van der Waals surface area contributed by atoms with E-state index in [-0.39, 0.29) is 24.3 Å². The fourth-order valence-corrected chi connectivity index (χ4v) is 10.9. The molecule has 2 aromatic heterocycles. The first-order valence-electron chi connectivity index (χ1n) is 17.9. The van der Waals surface area contributed by atoms with Crippen LogP contribution in [0.2, 0.25) is 5.02 Å². The molecule has 15 heteroatoms. The summed E-state index contributed by atoms with van der Waals surface area (Å²) < 4.78 is 17.6. The second-order valence-corrected chi connectivity index (χ2v) is 16.6. The lowest BCUT2D eigenvalue weighted by molar-refractivity contribution is -0.131. The Bertz CT molecular complexity index is 2670. The fraction of sp³-hybridized carbons (Fsp3) is 0.268. The van der Waals surface area contributed by atoms with Crippen LogP contribution in [0.5, 0.6) is 11.5 Å². The van der Waals surface area contributed by atoms with Gasteiger partial charge in [0.2, 0.25) is 23.6 Å². The Morgan fingerprint density at radius 3 is 2.43 bits per heavy atom. The molecular weight excluding hydrogens is 763 g/mol. The van der Waals surface area contributed by atoms with Crippen molar-refractivity contribution < 1.29 is 43.7 Å². The first kappa shape index (κ1) is 35.8. The fourth-order valence-electron chi connectivity index (χ4n) is 9.63. The largest absolute Gasteiger partial charge is 0.507 e. The van der Waals surface area contributed by atoms with Crippen LogP contribution in [0.4, 0.5) is 15.9 Å². The highest BCUT2D eigenvalue weighted by Gasteiger charge is 2.68. The summed E-state index contributed by atoms with van der Waals surface area (Å²) in [6, 6.07) is 14.6. The highest BCUT2D eigenvalue weighted by Crippen LogP contribution is 2.64. The summed E-state index contributed by atoms with van der Waals surface area (Å²) in [5.74, 6) is -9.98. The van der Waals surface area contributed by atoms with E-state index in [9.17, 15) is 34.5 Å². The highest BCUT2D eigenvalue weighted by atomic mass is 35.5. The Morgan fingerprint density at radius 1 is 0.946 bits per heavy atom. The number of rotatable bonds is 5. The van der Waals surface area contributed by atoms with Crippen LogP contribution in [0, 0.1) is 41.8 Å². The quantitative estimate of drug-likeness (QED) is 0.126. The molecule has 1 saturated carbocycles. The second kappa shape index (κ2) is 12.3. The zero-order valence-corrected chi connectivity index (χ0v) is 31.6. The molecule has 0 spiro atoms. The lowest BCUT2D eigenvalue weighted by Gasteiger charge is -2.49. The van der Waals surface area contributed by atoms with E-state index in [1.165, 1.54) is 34.2 Å². The van der Waals surface area contributed by atoms with Crippen LogP contribution in [0.25, 0.3) is 20.7 Å². The number of nitrogens with zero attached hydrogens (tertiary/aromatic N) is 4. The number of hydrogen-bond donors (Lipinski definition) is 3. The number of fused-ring (bicyclic) bond motifs is 5. The summed E-state index contributed by atoms with van der Waals surface area (Å²) in [6.07, 6.45) is 1.94. The number of anilines is 2. The number of allylic oxidation sites excluding steroid dienone is 2. The van der Waals surface area contributed by atoms with Crippen LogP contribution in [-0.4, -0.2) is 54.7 Å². The molecule has 2 aliphatic heterocycles. The number of carbonyl (C=O) groups excluding carboxylic acids is 4. The molecule has 3 fully saturated rings. The van der Waals surface area contributed by atoms with E-state index >= 15 is 9.18 Å². The van der Waals surface area contributed by atoms with Gasteiger partial charge in [-0.15, -0.1) is 11.3 Å². The number of amides is 4. The average Bonchev–Trinajstić information content (AvgIpc) is 3.82. The lowest BCUT2D eigenvalue weighted by Crippen LogP contribution is -2.49. The molecule has 12 nitrogen and oxygen atoms in total. The summed E-state index contributed by atoms with van der Waals surface area (Å²) in [5, 5.41) is 36.2. The van der Waals surface area contributed by atoms with Crippen molar-refractivity contribution in [3.63, 3.8) is 0 Å². The molecule has 9 rings (SSSR count). The van der Waals surface area contributed by atoms with E-state index in [4.69, 9.17) is 16.7 Å². The number of phenols is 2. The Labute approximate surface area is 327 Å². The van der Waals surface area contributed by atoms with Gasteiger partial charge < -0.3 is 15.3 Å². The summed E-state index contributed by atoms with van der Waals surface area (Å²) in [7, 11) is 1.64. The standard InChI is InChI=1S/C41H32ClFN4O8S/c1-17-24-13-19(42)5-11-31(24)56-35(17)28-16-32(45(3)44-28)47-37(51)26-15-25-21(34(41(26,2)40(47)55)18-4-10-29(48)27(43)12-18)8-9-23-33(25)38(52)46(36(23)50)20-6-7-22(39(53)54)30(49)14-20/h4-8,10-14,16,23,25-26,33-34,48-49H,9,15H2,1-3H3,(H,53,54). The number of phenolic OH excluding ortho intramolecular Hbond substituents is 1. The monoisotopic (exact) mass is 794 g/mol. The van der Waals surface area contributed by atoms with Crippen LogP contribution in [0.1, 0.15) is 47.2 Å². The smallest absolute Gasteiger partial charge is 0.339 e. The maximum absolute atomic E-state index is 15.2. The topological polar surface area (TPSA) is 170 Å². The maximum atomic E-state index is 15.2. The number of aryl methyl sites for hydroxylation is 2. The number of halogens is 2. The molecule has 56 heavy (non-hydrogen) atoms. The molecule has 3 aromatic carbocycles. The van der Waals surface area contributed by atoms with Crippen molar-refractivity contribution in [3.8, 4) is 22.1 Å². The molecule has 4 amide bonds. The van der Waals surface area contributed by atoms with Gasteiger partial charge in [-0.25, -0.2) is 19.0 Å². The Kier molecular flexibility index (Phi) is 7.88. The third-order valence-corrected chi connectivity index (χ3v) is 13.8. The van der Waals surface area contributed by atoms with Crippen LogP contribution in [0.15, 0.2) is 72.3 Å². The van der Waals surface area contributed by atoms with E-state index in [2.05, 4.69) is 0 Å². The number of imide groups is 2. The van der Waals surface area contributed by atoms with Gasteiger partial charge in [0.15, 0.2) is 11.6 Å². The first-order chi connectivity index (χ1) is 26.6. The van der Waals surface area contributed by atoms with E-state index < -0.39 is 87.5 Å². The lowest BCUT2D eigenvalue weighted by atomic mass is 9.51. The second-order valence-electron chi connectivity index (χ2n) is 15.1. The van der Waals surface area contributed by atoms with Gasteiger partial charge in [-0.05, 0) is 91.6 Å². The minimum Gasteiger partial charge on any atom is -0.507 e. The number of benzene rings is 3. The summed E-state index contributed by atoms with van der Waals surface area (Å²) in [4.78, 5) is 72.6. The predicted molar refractivity (Wildman–Crippen MR) is 204 cm³/mol. The number of carboxylic acids is 1. The van der Waals surface area contributed by atoms with Gasteiger partial charge in [-0.2, -0.15) is 5.10 Å². The van der Waals surface area contributed by atoms with Gasteiger partial charge >= 0.3 is 5.97 Å². The summed E-state index contributed by atoms with van der Waals surface area (Å²) in [6.45, 7) is 3.63. The molecule has 4 aliphatic rings. The molecule has 3 N–H and O–H groups in total. The maximum Gasteiger partial charge on any atom is 0.339 e. The SMILES string of the molecule is Cc1c(-c2cc(N3C(=O)C4CC5C(=CCC6C(=O)N(c7ccc(C(=O)O)c(O)c7)C(=O)C65)C(c5ccc(O)c(F)c5)C4(C)C3=O)n(C)n2)sc2ccc(Cl)cc12. The van der Waals surface area contributed by atoms with Crippen molar-refractivity contribution in [3.05, 3.63) is 99.8 Å². The molecule has 0 bridgehead atoms. The van der Waals surface area contributed by atoms with E-state index in [1.807, 2.05) is 25.1 Å². The van der Waals surface area contributed by atoms with Crippen LogP contribution < -0.4 is 9.80 Å². The van der Waals surface area contributed by atoms with E-state index in [0.717, 1.165) is 48.5 Å². The van der Waals surface area contributed by atoms with Gasteiger partial charge in [0.25, 0.3) is 0 Å². The molecule has 0 radical (unpaired) electrons. The number of carbonyl (C=O) groups is 5. The summed E-state index contributed by atoms with van der Waals surface area (Å²) >= 11 is 7.79. The number of hydrogen-bond acceptors (Lipinski definition) is 9. The third kappa shape index (κ3) is 4.87. The number of carboxylic acid groups (broad SMARTS) is 1. The minimum atomic E-state index is -1.48.